The minimum Gasteiger partial charge on any atom is -0.490 e. The van der Waals surface area contributed by atoms with E-state index in [1.165, 1.54) is 13.4 Å². The topological polar surface area (TPSA) is 99.0 Å². The maximum absolute atomic E-state index is 11.4. The molecule has 126 valence electrons. The molecule has 24 heavy (non-hydrogen) atoms. The van der Waals surface area contributed by atoms with Gasteiger partial charge in [-0.1, -0.05) is 6.58 Å². The van der Waals surface area contributed by atoms with Crippen LogP contribution in [0.4, 0.5) is 16.2 Å². The molecule has 0 radical (unpaired) electrons. The third kappa shape index (κ3) is 3.76. The molecule has 1 aromatic carbocycles. The minimum atomic E-state index is -0.612. The molecule has 1 atom stereocenters. The lowest BCUT2D eigenvalue weighted by atomic mass is 10.1. The van der Waals surface area contributed by atoms with Crippen LogP contribution in [0.15, 0.2) is 35.5 Å². The van der Waals surface area contributed by atoms with Crippen LogP contribution < -0.4 is 20.3 Å². The number of amides is 1. The predicted molar refractivity (Wildman–Crippen MR) is 91.4 cm³/mol. The summed E-state index contributed by atoms with van der Waals surface area (Å²) >= 11 is 0. The zero-order valence-corrected chi connectivity index (χ0v) is 13.6. The molecule has 1 amide bonds. The molecule has 1 aromatic rings. The van der Waals surface area contributed by atoms with Crippen LogP contribution in [0.2, 0.25) is 0 Å². The van der Waals surface area contributed by atoms with Gasteiger partial charge < -0.3 is 19.7 Å². The van der Waals surface area contributed by atoms with Crippen molar-refractivity contribution in [3.05, 3.63) is 30.5 Å². The molecule has 0 saturated carbocycles. The molecular weight excluding hydrogens is 310 g/mol. The van der Waals surface area contributed by atoms with Crippen molar-refractivity contribution < 1.29 is 14.3 Å². The number of fused-ring (bicyclic) bond motifs is 1. The molecule has 0 spiro atoms. The molecular formula is C16H19N5O3. The van der Waals surface area contributed by atoms with Gasteiger partial charge in [0, 0.05) is 18.4 Å². The Morgan fingerprint density at radius 3 is 3.08 bits per heavy atom. The first-order valence-corrected chi connectivity index (χ1v) is 7.24. The van der Waals surface area contributed by atoms with Crippen LogP contribution >= 0.6 is 0 Å². The zero-order chi connectivity index (χ0) is 17.5. The van der Waals surface area contributed by atoms with E-state index in [0.29, 0.717) is 36.0 Å². The number of aliphatic imine (C=N–C) groups is 1. The molecule has 0 aliphatic carbocycles. The Kier molecular flexibility index (Phi) is 5.63. The lowest BCUT2D eigenvalue weighted by Crippen LogP contribution is -2.43. The predicted octanol–water partition coefficient (Wildman–Crippen LogP) is 1.72. The maximum atomic E-state index is 11.4. The van der Waals surface area contributed by atoms with Crippen molar-refractivity contribution in [3.8, 4) is 11.8 Å². The third-order valence-electron chi connectivity index (χ3n) is 3.43. The van der Waals surface area contributed by atoms with Gasteiger partial charge in [-0.3, -0.25) is 10.3 Å². The molecule has 2 N–H and O–H groups in total. The zero-order valence-electron chi connectivity index (χ0n) is 13.6. The monoisotopic (exact) mass is 329 g/mol. The van der Waals surface area contributed by atoms with Gasteiger partial charge in [0.2, 0.25) is 0 Å². The number of nitriles is 1. The summed E-state index contributed by atoms with van der Waals surface area (Å²) in [5, 5.41) is 15.0. The van der Waals surface area contributed by atoms with Crippen LogP contribution in [0.5, 0.6) is 5.75 Å². The van der Waals surface area contributed by atoms with Gasteiger partial charge in [0.25, 0.3) is 0 Å². The highest BCUT2D eigenvalue weighted by Crippen LogP contribution is 2.36. The largest absolute Gasteiger partial charge is 0.490 e. The van der Waals surface area contributed by atoms with Crippen LogP contribution in [0.1, 0.15) is 0 Å². The molecule has 0 aromatic heterocycles. The van der Waals surface area contributed by atoms with E-state index >= 15 is 0 Å². The van der Waals surface area contributed by atoms with Crippen LogP contribution in [-0.4, -0.2) is 45.8 Å². The Bertz CT molecular complexity index is 695. The van der Waals surface area contributed by atoms with E-state index in [1.54, 1.807) is 25.2 Å². The Morgan fingerprint density at radius 1 is 1.62 bits per heavy atom. The van der Waals surface area contributed by atoms with Crippen molar-refractivity contribution >= 4 is 23.8 Å². The van der Waals surface area contributed by atoms with Gasteiger partial charge in [-0.05, 0) is 18.2 Å². The summed E-state index contributed by atoms with van der Waals surface area (Å²) in [4.78, 5) is 17.1. The number of carbonyl (C=O) groups excluding carboxylic acids is 1. The fourth-order valence-corrected chi connectivity index (χ4v) is 2.32. The summed E-state index contributed by atoms with van der Waals surface area (Å²) in [5.74, 6) is 0.633. The second-order valence-electron chi connectivity index (χ2n) is 4.93. The summed E-state index contributed by atoms with van der Waals surface area (Å²) in [6.07, 6.45) is 0.906. The lowest BCUT2D eigenvalue weighted by Gasteiger charge is -2.35. The van der Waals surface area contributed by atoms with Gasteiger partial charge in [-0.25, -0.2) is 4.79 Å². The number of ether oxygens (including phenoxy) is 2. The molecule has 8 heteroatoms. The summed E-state index contributed by atoms with van der Waals surface area (Å²) in [6, 6.07) is 6.80. The fraction of sp³-hybridized carbons (Fsp3) is 0.312. The van der Waals surface area contributed by atoms with Gasteiger partial charge in [0.1, 0.15) is 12.4 Å². The second kappa shape index (κ2) is 7.87. The van der Waals surface area contributed by atoms with E-state index in [9.17, 15) is 10.1 Å². The first-order valence-electron chi connectivity index (χ1n) is 7.24. The summed E-state index contributed by atoms with van der Waals surface area (Å²) in [5.41, 5.74) is 1.74. The average molecular weight is 329 g/mol. The van der Waals surface area contributed by atoms with Crippen molar-refractivity contribution in [3.63, 3.8) is 0 Å². The standard InChI is InChI=1S/C16H19N5O3/c1-11(19-10-18-2)14(9-17)21-6-7-24-15-5-4-12(8-13(15)21)20-16(22)23-3/h4-5,8,10,14H,1,6-7H2,2-3H3,(H,18,19)(H,20,22). The number of nitrogens with one attached hydrogen (secondary N) is 2. The van der Waals surface area contributed by atoms with E-state index in [4.69, 9.17) is 4.74 Å². The molecule has 1 aliphatic rings. The number of nitrogens with zero attached hydrogens (tertiary/aromatic N) is 3. The van der Waals surface area contributed by atoms with Gasteiger partial charge >= 0.3 is 6.09 Å². The molecule has 0 saturated heterocycles. The number of rotatable bonds is 5. The molecule has 1 aliphatic heterocycles. The first-order chi connectivity index (χ1) is 11.6. The highest BCUT2D eigenvalue weighted by Gasteiger charge is 2.27. The van der Waals surface area contributed by atoms with Crippen molar-refractivity contribution in [1.29, 1.82) is 5.26 Å². The third-order valence-corrected chi connectivity index (χ3v) is 3.43. The summed E-state index contributed by atoms with van der Waals surface area (Å²) < 4.78 is 10.2. The van der Waals surface area contributed by atoms with Crippen molar-refractivity contribution in [2.75, 3.05) is 37.5 Å². The van der Waals surface area contributed by atoms with Gasteiger partial charge in [0.05, 0.1) is 31.7 Å². The van der Waals surface area contributed by atoms with E-state index in [0.717, 1.165) is 0 Å². The van der Waals surface area contributed by atoms with Crippen LogP contribution in [0, 0.1) is 11.3 Å². The second-order valence-corrected chi connectivity index (χ2v) is 4.93. The number of methoxy groups -OCH3 is 1. The van der Waals surface area contributed by atoms with Crippen LogP contribution in [0.25, 0.3) is 0 Å². The van der Waals surface area contributed by atoms with Gasteiger partial charge in [0.15, 0.2) is 6.04 Å². The minimum absolute atomic E-state index is 0.449. The van der Waals surface area contributed by atoms with Crippen molar-refractivity contribution in [2.24, 2.45) is 4.99 Å². The van der Waals surface area contributed by atoms with E-state index in [2.05, 4.69) is 33.0 Å². The molecule has 1 heterocycles. The van der Waals surface area contributed by atoms with Crippen LogP contribution in [0.3, 0.4) is 0 Å². The normalized spacial score (nSPS) is 14.1. The number of hydrogen-bond acceptors (Lipinski definition) is 6. The Morgan fingerprint density at radius 2 is 2.42 bits per heavy atom. The molecule has 0 fully saturated rings. The summed E-state index contributed by atoms with van der Waals surface area (Å²) in [7, 11) is 2.91. The van der Waals surface area contributed by atoms with E-state index < -0.39 is 12.1 Å². The molecule has 2 rings (SSSR count). The molecule has 1 unspecified atom stereocenters. The number of hydrogen-bond donors (Lipinski definition) is 2. The first kappa shape index (κ1) is 17.1. The maximum Gasteiger partial charge on any atom is 0.411 e. The molecule has 0 bridgehead atoms. The number of benzene rings is 1. The van der Waals surface area contributed by atoms with Gasteiger partial charge in [-0.2, -0.15) is 5.26 Å². The average Bonchev–Trinajstić information content (AvgIpc) is 2.60. The number of anilines is 2. The fourth-order valence-electron chi connectivity index (χ4n) is 2.32. The van der Waals surface area contributed by atoms with Gasteiger partial charge in [-0.15, -0.1) is 0 Å². The lowest BCUT2D eigenvalue weighted by molar-refractivity contribution is 0.187. The quantitative estimate of drug-likeness (QED) is 0.630. The number of carbonyl (C=O) groups is 1. The van der Waals surface area contributed by atoms with E-state index in [-0.39, 0.29) is 0 Å². The van der Waals surface area contributed by atoms with E-state index in [1.807, 2.05) is 4.90 Å². The molecule has 8 nitrogen and oxygen atoms in total. The Balaban J connectivity index is 2.31. The van der Waals surface area contributed by atoms with Crippen molar-refractivity contribution in [2.45, 2.75) is 6.04 Å². The Labute approximate surface area is 140 Å². The highest BCUT2D eigenvalue weighted by molar-refractivity contribution is 5.86. The van der Waals surface area contributed by atoms with Crippen LogP contribution in [-0.2, 0) is 4.74 Å². The SMILES string of the molecule is C=C(NC=NC)C(C#N)N1CCOc2ccc(NC(=O)OC)cc21. The Hall–Kier alpha value is -3.21. The smallest absolute Gasteiger partial charge is 0.411 e. The summed E-state index contributed by atoms with van der Waals surface area (Å²) in [6.45, 7) is 4.86. The van der Waals surface area contributed by atoms with Crippen molar-refractivity contribution in [1.82, 2.24) is 5.32 Å². The highest BCUT2D eigenvalue weighted by atomic mass is 16.5.